The summed E-state index contributed by atoms with van der Waals surface area (Å²) in [6.07, 6.45) is 0. The van der Waals surface area contributed by atoms with Gasteiger partial charge in [0, 0.05) is 22.1 Å². The summed E-state index contributed by atoms with van der Waals surface area (Å²) in [4.78, 5) is 1.87. The van der Waals surface area contributed by atoms with Crippen molar-refractivity contribution >= 4 is 82.1 Å². The van der Waals surface area contributed by atoms with Crippen LogP contribution < -0.4 is 4.90 Å². The monoisotopic (exact) mass is 691 g/mol. The third-order valence-electron chi connectivity index (χ3n) is 10.7. The second kappa shape index (κ2) is 12.2. The third-order valence-corrected chi connectivity index (χ3v) is 10.7. The molecule has 10 aromatic carbocycles. The Kier molecular flexibility index (Phi) is 6.02. The molecule has 0 radical (unpaired) electrons. The van der Waals surface area contributed by atoms with Crippen molar-refractivity contribution in [3.05, 3.63) is 200 Å². The van der Waals surface area contributed by atoms with Crippen LogP contribution in [0, 0.1) is 0 Å². The van der Waals surface area contributed by atoms with Gasteiger partial charge in [0.1, 0.15) is 11.2 Å². The van der Waals surface area contributed by atoms with Gasteiger partial charge in [0.05, 0.1) is 16.6 Å². The molecule has 54 heavy (non-hydrogen) atoms. The van der Waals surface area contributed by atoms with E-state index in [9.17, 15) is 5.48 Å². The highest BCUT2D eigenvalue weighted by Gasteiger charge is 2.21. The number of nitrogens with zero attached hydrogens (tertiary/aromatic N) is 1. The molecule has 2 heteroatoms. The number of hydrogen-bond acceptors (Lipinski definition) is 2. The highest BCUT2D eigenvalue weighted by atomic mass is 16.3. The molecule has 0 spiro atoms. The summed E-state index contributed by atoms with van der Waals surface area (Å²) in [5, 5.41) is 10.0. The van der Waals surface area contributed by atoms with Crippen molar-refractivity contribution in [1.82, 2.24) is 0 Å². The van der Waals surface area contributed by atoms with Crippen molar-refractivity contribution in [2.24, 2.45) is 0 Å². The summed E-state index contributed by atoms with van der Waals surface area (Å²) in [6.45, 7) is 0. The van der Waals surface area contributed by atoms with Gasteiger partial charge in [0.2, 0.25) is 0 Å². The van der Waals surface area contributed by atoms with E-state index in [-0.39, 0.29) is 35.4 Å². The lowest BCUT2D eigenvalue weighted by Crippen LogP contribution is -2.10. The van der Waals surface area contributed by atoms with Crippen LogP contribution in [0.5, 0.6) is 0 Å². The molecule has 0 saturated heterocycles. The highest BCUT2D eigenvalue weighted by molar-refractivity contribution is 6.20. The largest absolute Gasteiger partial charge is 0.455 e. The average Bonchev–Trinajstić information content (AvgIpc) is 3.67. The van der Waals surface area contributed by atoms with Gasteiger partial charge in [-0.05, 0) is 115 Å². The molecule has 11 rings (SSSR count). The molecule has 0 aliphatic carbocycles. The lowest BCUT2D eigenvalue weighted by molar-refractivity contribution is 0.672. The second-order valence-corrected chi connectivity index (χ2v) is 13.8. The van der Waals surface area contributed by atoms with Crippen LogP contribution in [-0.4, -0.2) is 0 Å². The Balaban J connectivity index is 1.16. The Morgan fingerprint density at radius 3 is 1.85 bits per heavy atom. The van der Waals surface area contributed by atoms with Gasteiger partial charge in [-0.3, -0.25) is 0 Å². The third kappa shape index (κ3) is 4.88. The van der Waals surface area contributed by atoms with Crippen molar-refractivity contribution in [3.8, 4) is 22.3 Å². The van der Waals surface area contributed by atoms with Crippen LogP contribution >= 0.6 is 0 Å². The molecule has 1 aromatic heterocycles. The van der Waals surface area contributed by atoms with E-state index in [2.05, 4.69) is 72.8 Å². The Bertz CT molecular complexity index is 3430. The van der Waals surface area contributed by atoms with Gasteiger partial charge < -0.3 is 9.32 Å². The van der Waals surface area contributed by atoms with Crippen LogP contribution in [0.4, 0.5) is 17.1 Å². The van der Waals surface area contributed by atoms with Crippen LogP contribution in [0.3, 0.4) is 0 Å². The molecular formula is C52H33NO. The van der Waals surface area contributed by atoms with Gasteiger partial charge in [-0.2, -0.15) is 0 Å². The quantitative estimate of drug-likeness (QED) is 0.167. The van der Waals surface area contributed by atoms with Gasteiger partial charge in [0.25, 0.3) is 0 Å². The number of fused-ring (bicyclic) bond motifs is 9. The normalized spacial score (nSPS) is 12.7. The van der Waals surface area contributed by atoms with Crippen LogP contribution in [-0.2, 0) is 0 Å². The van der Waals surface area contributed by atoms with E-state index in [1.165, 1.54) is 5.39 Å². The molecule has 0 amide bonds. The van der Waals surface area contributed by atoms with Crippen molar-refractivity contribution in [1.29, 1.82) is 0 Å². The summed E-state index contributed by atoms with van der Waals surface area (Å²) in [6, 6.07) is 58.5. The maximum atomic E-state index is 9.76. The molecular weight excluding hydrogens is 655 g/mol. The first-order chi connectivity index (χ1) is 28.4. The van der Waals surface area contributed by atoms with Gasteiger partial charge in [-0.15, -0.1) is 0 Å². The first-order valence-electron chi connectivity index (χ1n) is 20.2. The Hall–Kier alpha value is -7.16. The van der Waals surface area contributed by atoms with Gasteiger partial charge in [-0.25, -0.2) is 0 Å². The zero-order chi connectivity index (χ0) is 39.1. The molecule has 0 N–H and O–H groups in total. The predicted octanol–water partition coefficient (Wildman–Crippen LogP) is 15.0. The van der Waals surface area contributed by atoms with Crippen molar-refractivity contribution < 1.29 is 9.90 Å². The minimum atomic E-state index is -0.137. The summed E-state index contributed by atoms with van der Waals surface area (Å²) < 4.78 is 45.4. The van der Waals surface area contributed by atoms with E-state index >= 15 is 0 Å². The fraction of sp³-hybridized carbons (Fsp3) is 0. The smallest absolute Gasteiger partial charge is 0.143 e. The van der Waals surface area contributed by atoms with Crippen molar-refractivity contribution in [3.63, 3.8) is 0 Å². The van der Waals surface area contributed by atoms with E-state index < -0.39 is 0 Å². The van der Waals surface area contributed by atoms with Crippen LogP contribution in [0.25, 0.3) is 87.3 Å². The summed E-state index contributed by atoms with van der Waals surface area (Å²) in [5.41, 5.74) is 5.98. The molecule has 2 nitrogen and oxygen atoms in total. The first kappa shape index (κ1) is 26.6. The van der Waals surface area contributed by atoms with E-state index in [1.54, 1.807) is 0 Å². The lowest BCUT2D eigenvalue weighted by atomic mass is 9.93. The maximum absolute atomic E-state index is 9.76. The van der Waals surface area contributed by atoms with Crippen molar-refractivity contribution in [2.75, 3.05) is 4.90 Å². The molecule has 0 fully saturated rings. The average molecular weight is 692 g/mol. The van der Waals surface area contributed by atoms with E-state index in [1.807, 2.05) is 108 Å². The number of rotatable bonds is 5. The number of furan rings is 1. The van der Waals surface area contributed by atoms with Crippen molar-refractivity contribution in [2.45, 2.75) is 0 Å². The minimum absolute atomic E-state index is 0.107. The van der Waals surface area contributed by atoms with E-state index in [4.69, 9.17) is 4.42 Å². The molecule has 0 atom stereocenters. The second-order valence-electron chi connectivity index (χ2n) is 13.8. The maximum Gasteiger partial charge on any atom is 0.143 e. The van der Waals surface area contributed by atoms with Gasteiger partial charge in [0.15, 0.2) is 0 Å². The zero-order valence-electron chi connectivity index (χ0n) is 33.1. The van der Waals surface area contributed by atoms with Gasteiger partial charge in [-0.1, -0.05) is 146 Å². The summed E-state index contributed by atoms with van der Waals surface area (Å²) >= 11 is 0. The zero-order valence-corrected chi connectivity index (χ0v) is 29.1. The fourth-order valence-electron chi connectivity index (χ4n) is 8.10. The standard InChI is InChI=1S/C52H33NO/c1-2-12-38-32-39(21-20-34(38)10-1)35-22-27-41(28-23-35)53(49-18-9-19-50-51(49)47-31-26-36-11-3-6-15-44(36)52(47)54-50)42-29-24-37(25-30-42)48-33-40-13-4-5-14-43(40)45-16-7-8-17-46(45)48/h1-33H/i24D,25D,29D,30D. The number of hydrogen-bond donors (Lipinski definition) is 0. The minimum Gasteiger partial charge on any atom is -0.455 e. The van der Waals surface area contributed by atoms with E-state index in [0.29, 0.717) is 22.5 Å². The van der Waals surface area contributed by atoms with E-state index in [0.717, 1.165) is 65.2 Å². The molecule has 0 saturated carbocycles. The highest BCUT2D eigenvalue weighted by Crippen LogP contribution is 2.45. The molecule has 0 bridgehead atoms. The Labute approximate surface area is 318 Å². The Morgan fingerprint density at radius 2 is 1.04 bits per heavy atom. The first-order valence-corrected chi connectivity index (χ1v) is 18.2. The summed E-state index contributed by atoms with van der Waals surface area (Å²) in [7, 11) is 0. The molecule has 0 aliphatic heterocycles. The molecule has 1 heterocycles. The molecule has 11 aromatic rings. The van der Waals surface area contributed by atoms with Gasteiger partial charge >= 0.3 is 0 Å². The van der Waals surface area contributed by atoms with Crippen LogP contribution in [0.1, 0.15) is 5.48 Å². The van der Waals surface area contributed by atoms with Crippen LogP contribution in [0.15, 0.2) is 205 Å². The SMILES string of the molecule is [2H]c1c([2H])c(N(c2ccc(-c3ccc4ccccc4c3)cc2)c2cccc3oc4c5ccccc5ccc4c23)c([2H])c([2H])c1-c1cc2ccccc2c2ccccc12. The van der Waals surface area contributed by atoms with Crippen LogP contribution in [0.2, 0.25) is 0 Å². The fourth-order valence-corrected chi connectivity index (χ4v) is 8.10. The topological polar surface area (TPSA) is 16.4 Å². The molecule has 0 aliphatic rings. The molecule has 252 valence electrons. The Morgan fingerprint density at radius 1 is 0.389 bits per heavy atom. The predicted molar refractivity (Wildman–Crippen MR) is 229 cm³/mol. The summed E-state index contributed by atoms with van der Waals surface area (Å²) in [5.74, 6) is 0. The number of benzene rings is 10. The molecule has 0 unspecified atom stereocenters. The lowest BCUT2D eigenvalue weighted by Gasteiger charge is -2.27. The number of anilines is 3.